The highest BCUT2D eigenvalue weighted by Gasteiger charge is 2.30. The van der Waals surface area contributed by atoms with E-state index in [1.54, 1.807) is 18.0 Å². The zero-order valence-corrected chi connectivity index (χ0v) is 11.5. The molecule has 4 nitrogen and oxygen atoms in total. The molecule has 20 heavy (non-hydrogen) atoms. The Labute approximate surface area is 121 Å². The second-order valence-corrected chi connectivity index (χ2v) is 5.75. The number of hydrogen-bond acceptors (Lipinski definition) is 4. The number of carbonyl (C=O) groups is 1. The van der Waals surface area contributed by atoms with E-state index in [9.17, 15) is 4.79 Å². The lowest BCUT2D eigenvalue weighted by atomic mass is 10.1. The van der Waals surface area contributed by atoms with Crippen LogP contribution in [0.3, 0.4) is 0 Å². The number of hydrogen-bond donors (Lipinski definition) is 2. The van der Waals surface area contributed by atoms with E-state index in [1.807, 2.05) is 42.5 Å². The molecule has 1 aromatic carbocycles. The van der Waals surface area contributed by atoms with Crippen molar-refractivity contribution in [3.63, 3.8) is 0 Å². The lowest BCUT2D eigenvalue weighted by Crippen LogP contribution is -2.33. The van der Waals surface area contributed by atoms with Gasteiger partial charge in [0.15, 0.2) is 0 Å². The summed E-state index contributed by atoms with van der Waals surface area (Å²) in [5.74, 6) is -0.188. The minimum absolute atomic E-state index is 0.0499. The number of nitrogens with one attached hydrogen (secondary N) is 1. The van der Waals surface area contributed by atoms with Crippen molar-refractivity contribution in [1.29, 1.82) is 0 Å². The van der Waals surface area contributed by atoms with E-state index in [2.05, 4.69) is 10.3 Å². The summed E-state index contributed by atoms with van der Waals surface area (Å²) in [5.41, 5.74) is 3.10. The van der Waals surface area contributed by atoms with Crippen molar-refractivity contribution in [2.75, 3.05) is 5.75 Å². The summed E-state index contributed by atoms with van der Waals surface area (Å²) in [7, 11) is 0. The highest BCUT2D eigenvalue weighted by molar-refractivity contribution is 7.99. The molecule has 1 saturated heterocycles. The number of nitrogens with zero attached hydrogens (tertiary/aromatic N) is 1. The number of benzene rings is 1. The molecule has 0 aliphatic carbocycles. The quantitative estimate of drug-likeness (QED) is 0.908. The van der Waals surface area contributed by atoms with Crippen LogP contribution in [0.1, 0.15) is 10.9 Å². The van der Waals surface area contributed by atoms with Gasteiger partial charge >= 0.3 is 5.97 Å². The van der Waals surface area contributed by atoms with E-state index in [-0.39, 0.29) is 5.37 Å². The maximum absolute atomic E-state index is 10.9. The topological polar surface area (TPSA) is 62.2 Å². The molecule has 1 aliphatic rings. The van der Waals surface area contributed by atoms with Crippen molar-refractivity contribution in [3.05, 3.63) is 54.2 Å². The fraction of sp³-hybridized carbons (Fsp3) is 0.200. The molecule has 0 bridgehead atoms. The molecular formula is C15H14N2O2S. The molecule has 0 spiro atoms. The number of pyridine rings is 1. The van der Waals surface area contributed by atoms with Gasteiger partial charge in [0.2, 0.25) is 0 Å². The Morgan fingerprint density at radius 2 is 2.05 bits per heavy atom. The van der Waals surface area contributed by atoms with Crippen LogP contribution in [0.5, 0.6) is 0 Å². The highest BCUT2D eigenvalue weighted by Crippen LogP contribution is 2.33. The lowest BCUT2D eigenvalue weighted by Gasteiger charge is -2.11. The number of aliphatic carboxylic acids is 1. The minimum Gasteiger partial charge on any atom is -0.480 e. The van der Waals surface area contributed by atoms with Crippen LogP contribution in [-0.2, 0) is 4.79 Å². The van der Waals surface area contributed by atoms with Crippen molar-refractivity contribution >= 4 is 17.7 Å². The second kappa shape index (κ2) is 5.64. The highest BCUT2D eigenvalue weighted by atomic mass is 32.2. The first kappa shape index (κ1) is 13.1. The van der Waals surface area contributed by atoms with Crippen LogP contribution in [-0.4, -0.2) is 27.9 Å². The maximum Gasteiger partial charge on any atom is 0.321 e. The largest absolute Gasteiger partial charge is 0.480 e. The predicted molar refractivity (Wildman–Crippen MR) is 79.4 cm³/mol. The summed E-state index contributed by atoms with van der Waals surface area (Å²) in [4.78, 5) is 15.2. The number of carboxylic acids is 1. The summed E-state index contributed by atoms with van der Waals surface area (Å²) < 4.78 is 0. The first-order valence-corrected chi connectivity index (χ1v) is 7.41. The van der Waals surface area contributed by atoms with E-state index >= 15 is 0 Å². The third-order valence-corrected chi connectivity index (χ3v) is 4.52. The minimum atomic E-state index is -0.787. The molecule has 2 aromatic rings. The molecule has 1 fully saturated rings. The van der Waals surface area contributed by atoms with E-state index < -0.39 is 12.0 Å². The summed E-state index contributed by atoms with van der Waals surface area (Å²) in [6.07, 6.45) is 1.77. The average Bonchev–Trinajstić information content (AvgIpc) is 2.98. The normalized spacial score (nSPS) is 21.8. The van der Waals surface area contributed by atoms with Crippen LogP contribution in [0.4, 0.5) is 0 Å². The van der Waals surface area contributed by atoms with Gasteiger partial charge < -0.3 is 5.11 Å². The zero-order valence-electron chi connectivity index (χ0n) is 10.7. The molecule has 1 aromatic heterocycles. The molecule has 2 atom stereocenters. The molecule has 2 heterocycles. The lowest BCUT2D eigenvalue weighted by molar-refractivity contribution is -0.138. The van der Waals surface area contributed by atoms with Crippen LogP contribution in [0, 0.1) is 0 Å². The Morgan fingerprint density at radius 3 is 2.65 bits per heavy atom. The Hall–Kier alpha value is -1.85. The van der Waals surface area contributed by atoms with E-state index in [1.165, 1.54) is 0 Å². The SMILES string of the molecule is O=C(O)C1CSC(c2ccc(-c3ccccn3)cc2)N1. The summed E-state index contributed by atoms with van der Waals surface area (Å²) in [6.45, 7) is 0. The Morgan fingerprint density at radius 1 is 1.25 bits per heavy atom. The molecule has 0 saturated carbocycles. The maximum atomic E-state index is 10.9. The third kappa shape index (κ3) is 2.69. The first-order chi connectivity index (χ1) is 9.74. The van der Waals surface area contributed by atoms with Crippen LogP contribution in [0.2, 0.25) is 0 Å². The van der Waals surface area contributed by atoms with E-state index in [0.29, 0.717) is 5.75 Å². The summed E-state index contributed by atoms with van der Waals surface area (Å²) >= 11 is 1.63. The van der Waals surface area contributed by atoms with Crippen molar-refractivity contribution < 1.29 is 9.90 Å². The van der Waals surface area contributed by atoms with Gasteiger partial charge in [0.25, 0.3) is 0 Å². The number of thioether (sulfide) groups is 1. The average molecular weight is 286 g/mol. The van der Waals surface area contributed by atoms with Crippen molar-refractivity contribution in [1.82, 2.24) is 10.3 Å². The Kier molecular flexibility index (Phi) is 3.71. The van der Waals surface area contributed by atoms with Crippen LogP contribution < -0.4 is 5.32 Å². The van der Waals surface area contributed by atoms with Gasteiger partial charge in [-0.25, -0.2) is 0 Å². The fourth-order valence-electron chi connectivity index (χ4n) is 2.17. The molecule has 3 rings (SSSR count). The molecule has 2 N–H and O–H groups in total. The molecule has 102 valence electrons. The van der Waals surface area contributed by atoms with Gasteiger partial charge in [0, 0.05) is 17.5 Å². The van der Waals surface area contributed by atoms with Crippen LogP contribution in [0.15, 0.2) is 48.7 Å². The Bertz CT molecular complexity index is 601. The van der Waals surface area contributed by atoms with Crippen LogP contribution >= 0.6 is 11.8 Å². The number of rotatable bonds is 3. The van der Waals surface area contributed by atoms with Gasteiger partial charge in [-0.1, -0.05) is 30.3 Å². The van der Waals surface area contributed by atoms with Gasteiger partial charge in [-0.15, -0.1) is 11.8 Å². The summed E-state index contributed by atoms with van der Waals surface area (Å²) in [6, 6.07) is 13.5. The Balaban J connectivity index is 1.76. The van der Waals surface area contributed by atoms with E-state index in [4.69, 9.17) is 5.11 Å². The zero-order chi connectivity index (χ0) is 13.9. The van der Waals surface area contributed by atoms with Crippen LogP contribution in [0.25, 0.3) is 11.3 Å². The molecule has 1 aliphatic heterocycles. The van der Waals surface area contributed by atoms with Gasteiger partial charge in [-0.05, 0) is 17.7 Å². The molecular weight excluding hydrogens is 272 g/mol. The monoisotopic (exact) mass is 286 g/mol. The molecule has 2 unspecified atom stereocenters. The standard InChI is InChI=1S/C15H14N2O2S/c18-15(19)13-9-20-14(17-13)11-6-4-10(5-7-11)12-3-1-2-8-16-12/h1-8,13-14,17H,9H2,(H,18,19). The number of carboxylic acid groups (broad SMARTS) is 1. The predicted octanol–water partition coefficient (Wildman–Crippen LogP) is 2.54. The van der Waals surface area contributed by atoms with Crippen molar-refractivity contribution in [2.45, 2.75) is 11.4 Å². The molecule has 0 amide bonds. The van der Waals surface area contributed by atoms with Gasteiger partial charge in [-0.3, -0.25) is 15.1 Å². The fourth-order valence-corrected chi connectivity index (χ4v) is 3.40. The van der Waals surface area contributed by atoms with Crippen molar-refractivity contribution in [2.24, 2.45) is 0 Å². The second-order valence-electron chi connectivity index (χ2n) is 4.61. The van der Waals surface area contributed by atoms with Gasteiger partial charge in [0.05, 0.1) is 11.1 Å². The first-order valence-electron chi connectivity index (χ1n) is 6.36. The molecule has 0 radical (unpaired) electrons. The van der Waals surface area contributed by atoms with Gasteiger partial charge in [-0.2, -0.15) is 0 Å². The number of aromatic nitrogens is 1. The van der Waals surface area contributed by atoms with Crippen molar-refractivity contribution in [3.8, 4) is 11.3 Å². The summed E-state index contributed by atoms with van der Waals surface area (Å²) in [5, 5.41) is 12.2. The smallest absolute Gasteiger partial charge is 0.321 e. The van der Waals surface area contributed by atoms with Gasteiger partial charge in [0.1, 0.15) is 6.04 Å². The van der Waals surface area contributed by atoms with E-state index in [0.717, 1.165) is 16.8 Å². The third-order valence-electron chi connectivity index (χ3n) is 3.25. The molecule has 5 heteroatoms.